The first-order chi connectivity index (χ1) is 9.87. The van der Waals surface area contributed by atoms with Crippen LogP contribution in [0.5, 0.6) is 0 Å². The van der Waals surface area contributed by atoms with Crippen molar-refractivity contribution in [2.45, 2.75) is 13.0 Å². The Bertz CT molecular complexity index is 732. The van der Waals surface area contributed by atoms with E-state index in [9.17, 15) is 8.42 Å². The summed E-state index contributed by atoms with van der Waals surface area (Å²) in [6, 6.07) is 15.2. The van der Waals surface area contributed by atoms with Crippen molar-refractivity contribution in [3.8, 4) is 0 Å². The van der Waals surface area contributed by atoms with Crippen LogP contribution in [0.4, 0.5) is 11.4 Å². The molecule has 1 atom stereocenters. The van der Waals surface area contributed by atoms with Crippen LogP contribution in [0.3, 0.4) is 0 Å². The molecule has 2 N–H and O–H groups in total. The molecule has 2 rings (SSSR count). The Labute approximate surface area is 133 Å². The van der Waals surface area contributed by atoms with E-state index in [1.54, 1.807) is 12.1 Å². The molecular weight excluding hydrogens is 352 g/mol. The van der Waals surface area contributed by atoms with Gasteiger partial charge in [0.1, 0.15) is 0 Å². The zero-order valence-corrected chi connectivity index (χ0v) is 14.2. The molecule has 6 heteroatoms. The van der Waals surface area contributed by atoms with Gasteiger partial charge in [-0.3, -0.25) is 4.72 Å². The van der Waals surface area contributed by atoms with Crippen molar-refractivity contribution in [2.75, 3.05) is 16.3 Å². The number of benzene rings is 2. The van der Waals surface area contributed by atoms with Gasteiger partial charge in [-0.15, -0.1) is 0 Å². The van der Waals surface area contributed by atoms with Crippen molar-refractivity contribution in [2.24, 2.45) is 0 Å². The molecule has 0 aliphatic heterocycles. The van der Waals surface area contributed by atoms with Crippen molar-refractivity contribution in [3.63, 3.8) is 0 Å². The molecule has 0 aliphatic carbocycles. The maximum Gasteiger partial charge on any atom is 0.229 e. The molecule has 0 fully saturated rings. The molecule has 2 aromatic rings. The van der Waals surface area contributed by atoms with Crippen LogP contribution in [0, 0.1) is 0 Å². The zero-order chi connectivity index (χ0) is 15.5. The Morgan fingerprint density at radius 1 is 1.00 bits per heavy atom. The van der Waals surface area contributed by atoms with Crippen LogP contribution in [-0.2, 0) is 10.0 Å². The van der Waals surface area contributed by atoms with E-state index in [1.165, 1.54) is 0 Å². The number of hydrogen-bond donors (Lipinski definition) is 2. The van der Waals surface area contributed by atoms with E-state index < -0.39 is 10.0 Å². The summed E-state index contributed by atoms with van der Waals surface area (Å²) in [6.07, 6.45) is 1.14. The molecule has 0 amide bonds. The fourth-order valence-corrected chi connectivity index (χ4v) is 3.24. The predicted molar refractivity (Wildman–Crippen MR) is 91.1 cm³/mol. The molecular formula is C15H17BrN2O2S. The van der Waals surface area contributed by atoms with Crippen LogP contribution in [0.1, 0.15) is 18.5 Å². The topological polar surface area (TPSA) is 58.2 Å². The van der Waals surface area contributed by atoms with Gasteiger partial charge in [0.2, 0.25) is 10.0 Å². The molecule has 2 aromatic carbocycles. The summed E-state index contributed by atoms with van der Waals surface area (Å²) in [5.74, 6) is 0. The summed E-state index contributed by atoms with van der Waals surface area (Å²) < 4.78 is 26.4. The van der Waals surface area contributed by atoms with Crippen molar-refractivity contribution in [1.82, 2.24) is 0 Å². The van der Waals surface area contributed by atoms with Crippen LogP contribution >= 0.6 is 15.9 Å². The van der Waals surface area contributed by atoms with E-state index in [-0.39, 0.29) is 6.04 Å². The van der Waals surface area contributed by atoms with E-state index in [0.29, 0.717) is 5.69 Å². The van der Waals surface area contributed by atoms with Crippen LogP contribution in [0.2, 0.25) is 0 Å². The second-order valence-corrected chi connectivity index (χ2v) is 7.41. The van der Waals surface area contributed by atoms with Gasteiger partial charge in [-0.1, -0.05) is 46.3 Å². The first kappa shape index (κ1) is 15.9. The van der Waals surface area contributed by atoms with E-state index in [2.05, 4.69) is 26.0 Å². The van der Waals surface area contributed by atoms with Gasteiger partial charge < -0.3 is 5.32 Å². The van der Waals surface area contributed by atoms with E-state index in [4.69, 9.17) is 0 Å². The lowest BCUT2D eigenvalue weighted by atomic mass is 10.1. The summed E-state index contributed by atoms with van der Waals surface area (Å²) in [7, 11) is -3.31. The lowest BCUT2D eigenvalue weighted by molar-refractivity contribution is 0.607. The zero-order valence-electron chi connectivity index (χ0n) is 11.8. The van der Waals surface area contributed by atoms with Gasteiger partial charge in [0.25, 0.3) is 0 Å². The lowest BCUT2D eigenvalue weighted by Gasteiger charge is -2.19. The number of halogens is 1. The molecule has 21 heavy (non-hydrogen) atoms. The van der Waals surface area contributed by atoms with Gasteiger partial charge >= 0.3 is 0 Å². The van der Waals surface area contributed by atoms with Gasteiger partial charge in [0.05, 0.1) is 17.6 Å². The molecule has 1 unspecified atom stereocenters. The predicted octanol–water partition coefficient (Wildman–Crippen LogP) is 3.99. The maximum absolute atomic E-state index is 11.4. The van der Waals surface area contributed by atoms with Gasteiger partial charge in [-0.25, -0.2) is 8.42 Å². The number of anilines is 2. The monoisotopic (exact) mass is 368 g/mol. The minimum absolute atomic E-state index is 0.0306. The van der Waals surface area contributed by atoms with Gasteiger partial charge in [-0.2, -0.15) is 0 Å². The highest BCUT2D eigenvalue weighted by Gasteiger charge is 2.12. The Kier molecular flexibility index (Phi) is 4.90. The van der Waals surface area contributed by atoms with Crippen LogP contribution in [0.15, 0.2) is 53.0 Å². The van der Waals surface area contributed by atoms with Crippen molar-refractivity contribution < 1.29 is 8.42 Å². The minimum Gasteiger partial charge on any atom is -0.377 e. The van der Waals surface area contributed by atoms with Crippen molar-refractivity contribution in [3.05, 3.63) is 58.6 Å². The number of nitrogens with one attached hydrogen (secondary N) is 2. The molecule has 112 valence electrons. The summed E-state index contributed by atoms with van der Waals surface area (Å²) in [6.45, 7) is 2.03. The maximum atomic E-state index is 11.4. The average molecular weight is 369 g/mol. The minimum atomic E-state index is -3.31. The first-order valence-corrected chi connectivity index (χ1v) is 9.13. The number of hydrogen-bond acceptors (Lipinski definition) is 3. The average Bonchev–Trinajstić information content (AvgIpc) is 2.40. The highest BCUT2D eigenvalue weighted by Crippen LogP contribution is 2.29. The van der Waals surface area contributed by atoms with Crippen LogP contribution in [-0.4, -0.2) is 14.7 Å². The van der Waals surface area contributed by atoms with Gasteiger partial charge in [0, 0.05) is 10.5 Å². The number of sulfonamides is 1. The highest BCUT2D eigenvalue weighted by molar-refractivity contribution is 9.10. The molecule has 0 saturated heterocycles. The summed E-state index contributed by atoms with van der Waals surface area (Å²) in [5, 5.41) is 3.33. The molecule has 0 aliphatic rings. The van der Waals surface area contributed by atoms with Crippen LogP contribution in [0.25, 0.3) is 0 Å². The molecule has 0 aromatic heterocycles. The van der Waals surface area contributed by atoms with Gasteiger partial charge in [-0.05, 0) is 30.7 Å². The third-order valence-electron chi connectivity index (χ3n) is 2.97. The number of rotatable bonds is 5. The highest BCUT2D eigenvalue weighted by atomic mass is 79.9. The second-order valence-electron chi connectivity index (χ2n) is 4.81. The van der Waals surface area contributed by atoms with E-state index in [0.717, 1.165) is 22.0 Å². The fourth-order valence-electron chi connectivity index (χ4n) is 2.03. The quantitative estimate of drug-likeness (QED) is 0.838. The molecule has 0 radical (unpaired) electrons. The first-order valence-electron chi connectivity index (χ1n) is 6.44. The summed E-state index contributed by atoms with van der Waals surface area (Å²) >= 11 is 3.53. The largest absolute Gasteiger partial charge is 0.377 e. The standard InChI is InChI=1S/C15H17BrN2O2S/c1-11(12-7-3-4-8-13(12)16)17-14-9-5-6-10-15(14)18-21(2,19)20/h3-11,17-18H,1-2H3. The molecule has 4 nitrogen and oxygen atoms in total. The van der Waals surface area contributed by atoms with Crippen LogP contribution < -0.4 is 10.0 Å². The van der Waals surface area contributed by atoms with Crippen molar-refractivity contribution >= 4 is 37.3 Å². The summed E-state index contributed by atoms with van der Waals surface area (Å²) in [5.41, 5.74) is 2.39. The SMILES string of the molecule is CC(Nc1ccccc1NS(C)(=O)=O)c1ccccc1Br. The van der Waals surface area contributed by atoms with E-state index >= 15 is 0 Å². The van der Waals surface area contributed by atoms with Crippen molar-refractivity contribution in [1.29, 1.82) is 0 Å². The Morgan fingerprint density at radius 2 is 1.57 bits per heavy atom. The lowest BCUT2D eigenvalue weighted by Crippen LogP contribution is -2.13. The smallest absolute Gasteiger partial charge is 0.229 e. The normalized spacial score (nSPS) is 12.7. The molecule has 0 saturated carbocycles. The third-order valence-corrected chi connectivity index (χ3v) is 4.28. The van der Waals surface area contributed by atoms with Gasteiger partial charge in [0.15, 0.2) is 0 Å². The fraction of sp³-hybridized carbons (Fsp3) is 0.200. The second kappa shape index (κ2) is 6.49. The Hall–Kier alpha value is -1.53. The molecule has 0 bridgehead atoms. The Balaban J connectivity index is 2.26. The molecule has 0 heterocycles. The third kappa shape index (κ3) is 4.47. The van der Waals surface area contributed by atoms with E-state index in [1.807, 2.05) is 43.3 Å². The summed E-state index contributed by atoms with van der Waals surface area (Å²) in [4.78, 5) is 0. The Morgan fingerprint density at radius 3 is 2.19 bits per heavy atom. The molecule has 0 spiro atoms. The number of para-hydroxylation sites is 2.